The summed E-state index contributed by atoms with van der Waals surface area (Å²) in [7, 11) is 0. The minimum atomic E-state index is 0.220. The molecule has 20 heavy (non-hydrogen) atoms. The van der Waals surface area contributed by atoms with Crippen molar-refractivity contribution in [3.8, 4) is 5.69 Å². The van der Waals surface area contributed by atoms with E-state index in [4.69, 9.17) is 11.6 Å². The van der Waals surface area contributed by atoms with E-state index in [1.807, 2.05) is 43.3 Å². The summed E-state index contributed by atoms with van der Waals surface area (Å²) in [6.45, 7) is 1.82. The van der Waals surface area contributed by atoms with Crippen LogP contribution in [0.25, 0.3) is 16.5 Å². The van der Waals surface area contributed by atoms with Crippen molar-refractivity contribution in [2.24, 2.45) is 0 Å². The summed E-state index contributed by atoms with van der Waals surface area (Å²) in [6.07, 6.45) is 0.726. The van der Waals surface area contributed by atoms with E-state index in [0.29, 0.717) is 11.5 Å². The van der Waals surface area contributed by atoms with E-state index in [1.54, 1.807) is 4.57 Å². The van der Waals surface area contributed by atoms with Crippen LogP contribution >= 0.6 is 27.5 Å². The second-order valence-corrected chi connectivity index (χ2v) is 5.56. The maximum absolute atomic E-state index is 11.2. The van der Waals surface area contributed by atoms with E-state index in [-0.39, 0.29) is 5.15 Å². The van der Waals surface area contributed by atoms with E-state index in [0.717, 1.165) is 27.2 Å². The van der Waals surface area contributed by atoms with Crippen LogP contribution in [0.15, 0.2) is 40.9 Å². The van der Waals surface area contributed by atoms with Crippen LogP contribution in [0.2, 0.25) is 5.15 Å². The zero-order valence-electron chi connectivity index (χ0n) is 10.6. The van der Waals surface area contributed by atoms with Crippen molar-refractivity contribution in [3.05, 3.63) is 57.5 Å². The van der Waals surface area contributed by atoms with Gasteiger partial charge in [-0.05, 0) is 39.7 Å². The van der Waals surface area contributed by atoms with Crippen LogP contribution < -0.4 is 0 Å². The number of hydrogen-bond donors (Lipinski definition) is 0. The first-order chi connectivity index (χ1) is 9.63. The molecule has 0 amide bonds. The predicted octanol–water partition coefficient (Wildman–Crippen LogP) is 4.56. The lowest BCUT2D eigenvalue weighted by Crippen LogP contribution is -2.03. The third-order valence-corrected chi connectivity index (χ3v) is 4.34. The maximum atomic E-state index is 11.2. The first kappa shape index (κ1) is 13.3. The van der Waals surface area contributed by atoms with Gasteiger partial charge in [0.1, 0.15) is 11.5 Å². The van der Waals surface area contributed by atoms with Gasteiger partial charge in [0, 0.05) is 4.47 Å². The molecule has 3 aromatic rings. The Morgan fingerprint density at radius 2 is 2.00 bits per heavy atom. The van der Waals surface area contributed by atoms with Crippen LogP contribution in [-0.4, -0.2) is 15.8 Å². The molecule has 100 valence electrons. The smallest absolute Gasteiger partial charge is 0.170 e. The zero-order valence-corrected chi connectivity index (χ0v) is 12.9. The predicted molar refractivity (Wildman–Crippen MR) is 83.9 cm³/mol. The molecule has 0 fully saturated rings. The SMILES string of the molecule is Cc1nc(Cl)c(C=O)n1-c1ccc2ccccc2c1Br. The Kier molecular flexibility index (Phi) is 3.36. The zero-order chi connectivity index (χ0) is 14.3. The molecule has 3 rings (SSSR count). The van der Waals surface area contributed by atoms with Crippen LogP contribution in [0.4, 0.5) is 0 Å². The molecule has 0 unspecified atom stereocenters. The average Bonchev–Trinajstić information content (AvgIpc) is 2.73. The highest BCUT2D eigenvalue weighted by Crippen LogP contribution is 2.32. The van der Waals surface area contributed by atoms with Gasteiger partial charge in [-0.25, -0.2) is 4.98 Å². The average molecular weight is 350 g/mol. The molecule has 2 aromatic carbocycles. The fourth-order valence-corrected chi connectivity index (χ4v) is 3.24. The van der Waals surface area contributed by atoms with Crippen LogP contribution in [0.5, 0.6) is 0 Å². The summed E-state index contributed by atoms with van der Waals surface area (Å²) in [5.74, 6) is 0.674. The first-order valence-electron chi connectivity index (χ1n) is 6.01. The highest BCUT2D eigenvalue weighted by atomic mass is 79.9. The van der Waals surface area contributed by atoms with E-state index >= 15 is 0 Å². The van der Waals surface area contributed by atoms with Gasteiger partial charge < -0.3 is 0 Å². The number of rotatable bonds is 2. The quantitative estimate of drug-likeness (QED) is 0.636. The van der Waals surface area contributed by atoms with Crippen LogP contribution in [0, 0.1) is 6.92 Å². The topological polar surface area (TPSA) is 34.9 Å². The lowest BCUT2D eigenvalue weighted by molar-refractivity contribution is 0.111. The molecule has 0 spiro atoms. The van der Waals surface area contributed by atoms with Crippen molar-refractivity contribution >= 4 is 44.6 Å². The molecule has 0 saturated heterocycles. The normalized spacial score (nSPS) is 10.9. The second-order valence-electron chi connectivity index (χ2n) is 4.41. The number of aromatic nitrogens is 2. The maximum Gasteiger partial charge on any atom is 0.170 e. The molecule has 3 nitrogen and oxygen atoms in total. The molecule has 0 N–H and O–H groups in total. The number of aryl methyl sites for hydroxylation is 1. The van der Waals surface area contributed by atoms with E-state index in [2.05, 4.69) is 20.9 Å². The van der Waals surface area contributed by atoms with Crippen LogP contribution in [-0.2, 0) is 0 Å². The standard InChI is InChI=1S/C15H10BrClN2O/c1-9-18-15(17)13(8-20)19(9)12-7-6-10-4-2-3-5-11(10)14(12)16/h2-8H,1H3. The van der Waals surface area contributed by atoms with Crippen molar-refractivity contribution in [1.29, 1.82) is 0 Å². The third kappa shape index (κ3) is 1.96. The van der Waals surface area contributed by atoms with Crippen LogP contribution in [0.3, 0.4) is 0 Å². The molecular weight excluding hydrogens is 340 g/mol. The Labute approximate surface area is 129 Å². The molecular formula is C15H10BrClN2O. The Morgan fingerprint density at radius 1 is 1.25 bits per heavy atom. The minimum Gasteiger partial charge on any atom is -0.296 e. The second kappa shape index (κ2) is 5.04. The minimum absolute atomic E-state index is 0.220. The van der Waals surface area contributed by atoms with Gasteiger partial charge in [-0.2, -0.15) is 0 Å². The van der Waals surface area contributed by atoms with Crippen LogP contribution in [0.1, 0.15) is 16.3 Å². The highest BCUT2D eigenvalue weighted by Gasteiger charge is 2.16. The number of carbonyl (C=O) groups excluding carboxylic acids is 1. The van der Waals surface area contributed by atoms with Gasteiger partial charge in [0.15, 0.2) is 11.4 Å². The van der Waals surface area contributed by atoms with Crippen molar-refractivity contribution in [3.63, 3.8) is 0 Å². The number of carbonyl (C=O) groups is 1. The summed E-state index contributed by atoms with van der Waals surface area (Å²) in [4.78, 5) is 15.4. The van der Waals surface area contributed by atoms with E-state index in [1.165, 1.54) is 0 Å². The molecule has 0 aliphatic carbocycles. The van der Waals surface area contributed by atoms with Gasteiger partial charge in [-0.15, -0.1) is 0 Å². The van der Waals surface area contributed by atoms with Crippen molar-refractivity contribution in [2.45, 2.75) is 6.92 Å². The summed E-state index contributed by atoms with van der Waals surface area (Å²) < 4.78 is 2.67. The van der Waals surface area contributed by atoms with Gasteiger partial charge in [0.2, 0.25) is 0 Å². The Balaban J connectivity index is 2.36. The Hall–Kier alpha value is -1.65. The lowest BCUT2D eigenvalue weighted by atomic mass is 10.1. The van der Waals surface area contributed by atoms with Crippen molar-refractivity contribution in [1.82, 2.24) is 9.55 Å². The van der Waals surface area contributed by atoms with Gasteiger partial charge in [0.05, 0.1) is 5.69 Å². The summed E-state index contributed by atoms with van der Waals surface area (Å²) >= 11 is 9.61. The van der Waals surface area contributed by atoms with Gasteiger partial charge >= 0.3 is 0 Å². The first-order valence-corrected chi connectivity index (χ1v) is 7.18. The molecule has 0 aliphatic rings. The lowest BCUT2D eigenvalue weighted by Gasteiger charge is -2.12. The summed E-state index contributed by atoms with van der Waals surface area (Å²) in [5.41, 5.74) is 1.21. The molecule has 0 bridgehead atoms. The number of aldehydes is 1. The van der Waals surface area contributed by atoms with Crippen molar-refractivity contribution in [2.75, 3.05) is 0 Å². The third-order valence-electron chi connectivity index (χ3n) is 3.23. The Morgan fingerprint density at radius 3 is 2.75 bits per heavy atom. The van der Waals surface area contributed by atoms with E-state index in [9.17, 15) is 4.79 Å². The molecule has 0 aliphatic heterocycles. The molecule has 1 aromatic heterocycles. The Bertz CT molecular complexity index is 826. The fourth-order valence-electron chi connectivity index (χ4n) is 2.32. The van der Waals surface area contributed by atoms with Crippen molar-refractivity contribution < 1.29 is 4.79 Å². The van der Waals surface area contributed by atoms with E-state index < -0.39 is 0 Å². The molecule has 1 heterocycles. The fraction of sp³-hybridized carbons (Fsp3) is 0.0667. The summed E-state index contributed by atoms with van der Waals surface area (Å²) in [6, 6.07) is 12.0. The number of benzene rings is 2. The molecule has 5 heteroatoms. The van der Waals surface area contributed by atoms with Gasteiger partial charge in [-0.3, -0.25) is 9.36 Å². The number of fused-ring (bicyclic) bond motifs is 1. The number of hydrogen-bond acceptors (Lipinski definition) is 2. The molecule has 0 saturated carbocycles. The largest absolute Gasteiger partial charge is 0.296 e. The highest BCUT2D eigenvalue weighted by molar-refractivity contribution is 9.10. The number of imidazole rings is 1. The van der Waals surface area contributed by atoms with Gasteiger partial charge in [0.25, 0.3) is 0 Å². The monoisotopic (exact) mass is 348 g/mol. The number of halogens is 2. The molecule has 0 atom stereocenters. The van der Waals surface area contributed by atoms with Gasteiger partial charge in [-0.1, -0.05) is 41.9 Å². The number of nitrogens with zero attached hydrogens (tertiary/aromatic N) is 2. The molecule has 0 radical (unpaired) electrons. The summed E-state index contributed by atoms with van der Waals surface area (Å²) in [5, 5.41) is 2.42.